The van der Waals surface area contributed by atoms with Gasteiger partial charge >= 0.3 is 0 Å². The molecule has 0 N–H and O–H groups in total. The average molecular weight is 388 g/mol. The van der Waals surface area contributed by atoms with Crippen LogP contribution in [0.3, 0.4) is 0 Å². The molecule has 2 bridgehead atoms. The molecule has 156 valence electrons. The Morgan fingerprint density at radius 3 is 2.30 bits per heavy atom. The molecule has 0 aliphatic carbocycles. The number of rotatable bonds is 13. The number of fused-ring (bicyclic) bond motifs is 4. The first-order valence-corrected chi connectivity index (χ1v) is 9.62. The second kappa shape index (κ2) is 9.76. The molecular weight excluding hydrogens is 356 g/mol. The Bertz CT molecular complexity index is 471. The molecule has 3 aliphatic rings. The fourth-order valence-electron chi connectivity index (χ4n) is 3.60. The van der Waals surface area contributed by atoms with Crippen LogP contribution in [-0.2, 0) is 37.9 Å². The fraction of sp³-hybridized carbons (Fsp3) is 0.895. The van der Waals surface area contributed by atoms with Crippen molar-refractivity contribution in [2.75, 3.05) is 59.5 Å². The molecule has 0 aromatic carbocycles. The quantitative estimate of drug-likeness (QED) is 0.345. The van der Waals surface area contributed by atoms with Crippen molar-refractivity contribution in [2.45, 2.75) is 50.2 Å². The zero-order chi connectivity index (χ0) is 19.2. The van der Waals surface area contributed by atoms with E-state index in [1.807, 2.05) is 13.8 Å². The Kier molecular flexibility index (Phi) is 7.64. The molecule has 0 amide bonds. The molecule has 3 rings (SSSR count). The van der Waals surface area contributed by atoms with Crippen molar-refractivity contribution in [1.29, 1.82) is 0 Å². The lowest BCUT2D eigenvalue weighted by molar-refractivity contribution is -0.204. The summed E-state index contributed by atoms with van der Waals surface area (Å²) in [5.74, 6) is -0.601. The first-order chi connectivity index (χ1) is 13.0. The summed E-state index contributed by atoms with van der Waals surface area (Å²) >= 11 is 0. The van der Waals surface area contributed by atoms with Gasteiger partial charge in [-0.1, -0.05) is 6.08 Å². The van der Waals surface area contributed by atoms with E-state index in [9.17, 15) is 0 Å². The van der Waals surface area contributed by atoms with Gasteiger partial charge < -0.3 is 37.9 Å². The van der Waals surface area contributed by atoms with Gasteiger partial charge in [0.25, 0.3) is 0 Å². The van der Waals surface area contributed by atoms with E-state index >= 15 is 0 Å². The van der Waals surface area contributed by atoms with Gasteiger partial charge in [0.1, 0.15) is 11.7 Å². The summed E-state index contributed by atoms with van der Waals surface area (Å²) in [6.07, 6.45) is 1.97. The minimum atomic E-state index is -0.601. The highest BCUT2D eigenvalue weighted by molar-refractivity contribution is 5.05. The van der Waals surface area contributed by atoms with Crippen LogP contribution < -0.4 is 0 Å². The van der Waals surface area contributed by atoms with Gasteiger partial charge in [-0.05, 0) is 13.8 Å². The molecule has 8 heteroatoms. The molecule has 27 heavy (non-hydrogen) atoms. The highest BCUT2D eigenvalue weighted by Gasteiger charge is 2.61. The Morgan fingerprint density at radius 1 is 0.926 bits per heavy atom. The third kappa shape index (κ3) is 5.71. The fourth-order valence-corrected chi connectivity index (χ4v) is 3.60. The molecule has 0 spiro atoms. The molecule has 3 saturated heterocycles. The van der Waals surface area contributed by atoms with Crippen LogP contribution in [0.25, 0.3) is 0 Å². The van der Waals surface area contributed by atoms with Crippen LogP contribution in [0.5, 0.6) is 0 Å². The summed E-state index contributed by atoms with van der Waals surface area (Å²) in [6.45, 7) is 12.0. The summed E-state index contributed by atoms with van der Waals surface area (Å²) in [4.78, 5) is 0. The lowest BCUT2D eigenvalue weighted by Crippen LogP contribution is -2.56. The Balaban J connectivity index is 1.26. The Morgan fingerprint density at radius 2 is 1.59 bits per heavy atom. The van der Waals surface area contributed by atoms with E-state index in [1.165, 1.54) is 0 Å². The average Bonchev–Trinajstić information content (AvgIpc) is 3.14. The summed E-state index contributed by atoms with van der Waals surface area (Å²) in [5.41, 5.74) is -0.601. The molecule has 4 atom stereocenters. The highest BCUT2D eigenvalue weighted by Crippen LogP contribution is 2.46. The first kappa shape index (κ1) is 21.1. The zero-order valence-electron chi connectivity index (χ0n) is 16.4. The van der Waals surface area contributed by atoms with Gasteiger partial charge in [-0.3, -0.25) is 0 Å². The van der Waals surface area contributed by atoms with Crippen molar-refractivity contribution in [1.82, 2.24) is 0 Å². The SMILES string of the molecule is C=CCOCCOCCOCCOCC12COC(CC3OC(C)(C)OC31)O2. The van der Waals surface area contributed by atoms with Gasteiger partial charge in [0.15, 0.2) is 12.1 Å². The molecule has 3 heterocycles. The van der Waals surface area contributed by atoms with Gasteiger partial charge in [0.2, 0.25) is 0 Å². The second-order valence-electron chi connectivity index (χ2n) is 7.39. The predicted molar refractivity (Wildman–Crippen MR) is 95.5 cm³/mol. The minimum absolute atomic E-state index is 0.0197. The van der Waals surface area contributed by atoms with Crippen LogP contribution in [0.2, 0.25) is 0 Å². The van der Waals surface area contributed by atoms with Crippen molar-refractivity contribution in [3.05, 3.63) is 12.7 Å². The number of hydrogen-bond acceptors (Lipinski definition) is 8. The standard InChI is InChI=1S/C19H32O8/c1-4-5-20-6-7-21-8-9-22-10-11-23-13-19-14-24-16(26-19)12-15-17(19)27-18(2,3)25-15/h4,15-17H,1,5-14H2,2-3H3. The largest absolute Gasteiger partial charge is 0.377 e. The molecule has 0 saturated carbocycles. The van der Waals surface area contributed by atoms with Crippen LogP contribution in [0.15, 0.2) is 12.7 Å². The van der Waals surface area contributed by atoms with E-state index in [0.717, 1.165) is 0 Å². The van der Waals surface area contributed by atoms with Gasteiger partial charge in [0.05, 0.1) is 65.6 Å². The third-order valence-electron chi connectivity index (χ3n) is 4.70. The van der Waals surface area contributed by atoms with Crippen LogP contribution in [0.1, 0.15) is 20.3 Å². The van der Waals surface area contributed by atoms with Gasteiger partial charge in [0, 0.05) is 6.42 Å². The summed E-state index contributed by atoms with van der Waals surface area (Å²) in [6, 6.07) is 0. The van der Waals surface area contributed by atoms with Crippen LogP contribution in [0, 0.1) is 0 Å². The Hall–Kier alpha value is -0.580. The van der Waals surface area contributed by atoms with Gasteiger partial charge in [-0.15, -0.1) is 6.58 Å². The molecule has 3 aliphatic heterocycles. The topological polar surface area (TPSA) is 73.8 Å². The number of ether oxygens (including phenoxy) is 8. The molecule has 0 radical (unpaired) electrons. The maximum Gasteiger partial charge on any atom is 0.163 e. The van der Waals surface area contributed by atoms with E-state index < -0.39 is 11.4 Å². The van der Waals surface area contributed by atoms with Gasteiger partial charge in [-0.2, -0.15) is 0 Å². The monoisotopic (exact) mass is 388 g/mol. The van der Waals surface area contributed by atoms with Crippen molar-refractivity contribution in [3.63, 3.8) is 0 Å². The molecule has 0 aromatic rings. The van der Waals surface area contributed by atoms with Crippen molar-refractivity contribution < 1.29 is 37.9 Å². The second-order valence-corrected chi connectivity index (χ2v) is 7.39. The minimum Gasteiger partial charge on any atom is -0.377 e. The number of hydrogen-bond donors (Lipinski definition) is 0. The third-order valence-corrected chi connectivity index (χ3v) is 4.70. The molecule has 4 unspecified atom stereocenters. The van der Waals surface area contributed by atoms with E-state index in [4.69, 9.17) is 37.9 Å². The zero-order valence-corrected chi connectivity index (χ0v) is 16.4. The summed E-state index contributed by atoms with van der Waals surface area (Å²) in [7, 11) is 0. The molecule has 8 nitrogen and oxygen atoms in total. The van der Waals surface area contributed by atoms with E-state index in [-0.39, 0.29) is 18.5 Å². The van der Waals surface area contributed by atoms with E-state index in [2.05, 4.69) is 6.58 Å². The van der Waals surface area contributed by atoms with Crippen molar-refractivity contribution >= 4 is 0 Å². The molecular formula is C19H32O8. The molecule has 3 fully saturated rings. The Labute approximate surface area is 161 Å². The van der Waals surface area contributed by atoms with Crippen molar-refractivity contribution in [3.8, 4) is 0 Å². The summed E-state index contributed by atoms with van der Waals surface area (Å²) in [5, 5.41) is 0. The van der Waals surface area contributed by atoms with Crippen LogP contribution in [-0.4, -0.2) is 89.3 Å². The van der Waals surface area contributed by atoms with Crippen molar-refractivity contribution in [2.24, 2.45) is 0 Å². The van der Waals surface area contributed by atoms with E-state index in [0.29, 0.717) is 65.9 Å². The lowest BCUT2D eigenvalue weighted by atomic mass is 9.91. The predicted octanol–water partition coefficient (Wildman–Crippen LogP) is 1.27. The van der Waals surface area contributed by atoms with Gasteiger partial charge in [-0.25, -0.2) is 0 Å². The summed E-state index contributed by atoms with van der Waals surface area (Å²) < 4.78 is 45.8. The highest BCUT2D eigenvalue weighted by atomic mass is 16.8. The van der Waals surface area contributed by atoms with Crippen LogP contribution in [0.4, 0.5) is 0 Å². The van der Waals surface area contributed by atoms with Crippen LogP contribution >= 0.6 is 0 Å². The maximum atomic E-state index is 6.07. The lowest BCUT2D eigenvalue weighted by Gasteiger charge is -2.38. The smallest absolute Gasteiger partial charge is 0.163 e. The van der Waals surface area contributed by atoms with E-state index in [1.54, 1.807) is 6.08 Å². The first-order valence-electron chi connectivity index (χ1n) is 9.62. The normalized spacial score (nSPS) is 33.9. The maximum absolute atomic E-state index is 6.07. The molecule has 0 aromatic heterocycles.